The zero-order chi connectivity index (χ0) is 16.7. The average Bonchev–Trinajstić information content (AvgIpc) is 3.06. The van der Waals surface area contributed by atoms with E-state index in [1.807, 2.05) is 19.1 Å². The zero-order valence-electron chi connectivity index (χ0n) is 13.1. The fourth-order valence-corrected chi connectivity index (χ4v) is 1.94. The van der Waals surface area contributed by atoms with Gasteiger partial charge in [0, 0.05) is 19.2 Å². The third-order valence-electron chi connectivity index (χ3n) is 3.18. The zero-order valence-corrected chi connectivity index (χ0v) is 13.1. The number of hydrogen-bond acceptors (Lipinski definition) is 5. The SMILES string of the molecule is CC(=O)Nc1ccc(CNC(=O)CNC(C)c2ncn[nH]2)cc1. The highest BCUT2D eigenvalue weighted by molar-refractivity contribution is 5.88. The second kappa shape index (κ2) is 8.04. The number of benzene rings is 1. The predicted octanol–water partition coefficient (Wildman–Crippen LogP) is 0.730. The van der Waals surface area contributed by atoms with Crippen LogP contribution in [0.5, 0.6) is 0 Å². The van der Waals surface area contributed by atoms with Crippen LogP contribution >= 0.6 is 0 Å². The summed E-state index contributed by atoms with van der Waals surface area (Å²) in [6.07, 6.45) is 1.43. The van der Waals surface area contributed by atoms with Gasteiger partial charge < -0.3 is 10.6 Å². The van der Waals surface area contributed by atoms with E-state index < -0.39 is 0 Å². The molecular weight excluding hydrogens is 296 g/mol. The van der Waals surface area contributed by atoms with Gasteiger partial charge in [-0.2, -0.15) is 5.10 Å². The van der Waals surface area contributed by atoms with Crippen molar-refractivity contribution in [1.82, 2.24) is 25.8 Å². The highest BCUT2D eigenvalue weighted by Crippen LogP contribution is 2.09. The lowest BCUT2D eigenvalue weighted by molar-refractivity contribution is -0.120. The van der Waals surface area contributed by atoms with Crippen molar-refractivity contribution in [3.8, 4) is 0 Å². The average molecular weight is 316 g/mol. The molecule has 0 aliphatic heterocycles. The Labute approximate surface area is 134 Å². The van der Waals surface area contributed by atoms with Crippen LogP contribution in [0.1, 0.15) is 31.3 Å². The molecule has 0 bridgehead atoms. The molecular formula is C15H20N6O2. The fourth-order valence-electron chi connectivity index (χ4n) is 1.94. The van der Waals surface area contributed by atoms with Crippen molar-refractivity contribution in [2.45, 2.75) is 26.4 Å². The van der Waals surface area contributed by atoms with Gasteiger partial charge in [-0.05, 0) is 24.6 Å². The molecule has 1 aromatic heterocycles. The Hall–Kier alpha value is -2.74. The minimum Gasteiger partial charge on any atom is -0.351 e. The highest BCUT2D eigenvalue weighted by Gasteiger charge is 2.09. The van der Waals surface area contributed by atoms with Crippen LogP contribution in [0.25, 0.3) is 0 Å². The van der Waals surface area contributed by atoms with Crippen molar-refractivity contribution < 1.29 is 9.59 Å². The van der Waals surface area contributed by atoms with Crippen LogP contribution in [0.3, 0.4) is 0 Å². The summed E-state index contributed by atoms with van der Waals surface area (Å²) in [5, 5.41) is 15.1. The number of nitrogens with one attached hydrogen (secondary N) is 4. The first-order valence-electron chi connectivity index (χ1n) is 7.26. The maximum absolute atomic E-state index is 11.8. The van der Waals surface area contributed by atoms with Crippen LogP contribution in [-0.4, -0.2) is 33.5 Å². The standard InChI is InChI=1S/C15H20N6O2/c1-10(15-18-9-19-21-15)16-8-14(23)17-7-12-3-5-13(6-4-12)20-11(2)22/h3-6,9-10,16H,7-8H2,1-2H3,(H,17,23)(H,20,22)(H,18,19,21). The number of nitrogens with zero attached hydrogens (tertiary/aromatic N) is 2. The molecule has 1 atom stereocenters. The molecule has 0 fully saturated rings. The molecule has 0 saturated carbocycles. The lowest BCUT2D eigenvalue weighted by atomic mass is 10.2. The van der Waals surface area contributed by atoms with Gasteiger partial charge in [-0.1, -0.05) is 12.1 Å². The van der Waals surface area contributed by atoms with E-state index >= 15 is 0 Å². The van der Waals surface area contributed by atoms with Gasteiger partial charge in [0.1, 0.15) is 12.2 Å². The van der Waals surface area contributed by atoms with Gasteiger partial charge in [-0.3, -0.25) is 20.0 Å². The molecule has 1 aromatic carbocycles. The second-order valence-electron chi connectivity index (χ2n) is 5.13. The molecule has 0 aliphatic rings. The first-order chi connectivity index (χ1) is 11.0. The molecule has 8 heteroatoms. The Morgan fingerprint density at radius 1 is 1.26 bits per heavy atom. The molecule has 2 aromatic rings. The van der Waals surface area contributed by atoms with Crippen LogP contribution in [0.2, 0.25) is 0 Å². The normalized spacial score (nSPS) is 11.7. The summed E-state index contributed by atoms with van der Waals surface area (Å²) in [5.74, 6) is 0.465. The number of amides is 2. The number of H-pyrrole nitrogens is 1. The van der Waals surface area contributed by atoms with Crippen LogP contribution in [0, 0.1) is 0 Å². The topological polar surface area (TPSA) is 112 Å². The predicted molar refractivity (Wildman–Crippen MR) is 85.4 cm³/mol. The number of aromatic nitrogens is 3. The van der Waals surface area contributed by atoms with E-state index in [2.05, 4.69) is 31.1 Å². The van der Waals surface area contributed by atoms with Gasteiger partial charge in [-0.15, -0.1) is 0 Å². The number of aromatic amines is 1. The lowest BCUT2D eigenvalue weighted by Gasteiger charge is -2.11. The third-order valence-corrected chi connectivity index (χ3v) is 3.18. The maximum atomic E-state index is 11.8. The summed E-state index contributed by atoms with van der Waals surface area (Å²) in [6.45, 7) is 3.97. The highest BCUT2D eigenvalue weighted by atomic mass is 16.2. The molecule has 2 amide bonds. The van der Waals surface area contributed by atoms with Crippen molar-refractivity contribution in [2.24, 2.45) is 0 Å². The smallest absolute Gasteiger partial charge is 0.234 e. The fraction of sp³-hybridized carbons (Fsp3) is 0.333. The Bertz CT molecular complexity index is 638. The number of carbonyl (C=O) groups excluding carboxylic acids is 2. The maximum Gasteiger partial charge on any atom is 0.234 e. The molecule has 0 saturated heterocycles. The molecule has 0 spiro atoms. The van der Waals surface area contributed by atoms with E-state index in [4.69, 9.17) is 0 Å². The van der Waals surface area contributed by atoms with Gasteiger partial charge in [0.15, 0.2) is 0 Å². The summed E-state index contributed by atoms with van der Waals surface area (Å²) in [6, 6.07) is 7.23. The monoisotopic (exact) mass is 316 g/mol. The Balaban J connectivity index is 1.72. The number of rotatable bonds is 7. The van der Waals surface area contributed by atoms with Crippen molar-refractivity contribution >= 4 is 17.5 Å². The molecule has 0 aliphatic carbocycles. The van der Waals surface area contributed by atoms with E-state index in [0.29, 0.717) is 12.4 Å². The molecule has 23 heavy (non-hydrogen) atoms. The largest absolute Gasteiger partial charge is 0.351 e. The Kier molecular flexibility index (Phi) is 5.81. The molecule has 1 heterocycles. The number of carbonyl (C=O) groups is 2. The van der Waals surface area contributed by atoms with Crippen molar-refractivity contribution in [1.29, 1.82) is 0 Å². The molecule has 4 N–H and O–H groups in total. The van der Waals surface area contributed by atoms with Gasteiger partial charge in [-0.25, -0.2) is 4.98 Å². The minimum absolute atomic E-state index is 0.0832. The van der Waals surface area contributed by atoms with E-state index in [1.165, 1.54) is 13.3 Å². The first kappa shape index (κ1) is 16.6. The van der Waals surface area contributed by atoms with Gasteiger partial charge in [0.25, 0.3) is 0 Å². The Morgan fingerprint density at radius 3 is 2.61 bits per heavy atom. The number of hydrogen-bond donors (Lipinski definition) is 4. The van der Waals surface area contributed by atoms with Gasteiger partial charge in [0.2, 0.25) is 11.8 Å². The van der Waals surface area contributed by atoms with E-state index in [-0.39, 0.29) is 24.4 Å². The molecule has 122 valence electrons. The van der Waals surface area contributed by atoms with Crippen LogP contribution < -0.4 is 16.0 Å². The number of anilines is 1. The third kappa shape index (κ3) is 5.51. The van der Waals surface area contributed by atoms with Crippen molar-refractivity contribution in [2.75, 3.05) is 11.9 Å². The van der Waals surface area contributed by atoms with E-state index in [9.17, 15) is 9.59 Å². The van der Waals surface area contributed by atoms with Crippen LogP contribution in [-0.2, 0) is 16.1 Å². The lowest BCUT2D eigenvalue weighted by Crippen LogP contribution is -2.35. The summed E-state index contributed by atoms with van der Waals surface area (Å²) in [4.78, 5) is 26.8. The van der Waals surface area contributed by atoms with Crippen molar-refractivity contribution in [3.63, 3.8) is 0 Å². The van der Waals surface area contributed by atoms with E-state index in [0.717, 1.165) is 11.3 Å². The molecule has 0 radical (unpaired) electrons. The molecule has 2 rings (SSSR count). The van der Waals surface area contributed by atoms with Crippen LogP contribution in [0.15, 0.2) is 30.6 Å². The quantitative estimate of drug-likeness (QED) is 0.602. The molecule has 1 unspecified atom stereocenters. The Morgan fingerprint density at radius 2 is 2.00 bits per heavy atom. The van der Waals surface area contributed by atoms with Crippen LogP contribution in [0.4, 0.5) is 5.69 Å². The molecule has 8 nitrogen and oxygen atoms in total. The first-order valence-corrected chi connectivity index (χ1v) is 7.26. The summed E-state index contributed by atoms with van der Waals surface area (Å²) < 4.78 is 0. The summed E-state index contributed by atoms with van der Waals surface area (Å²) in [7, 11) is 0. The summed E-state index contributed by atoms with van der Waals surface area (Å²) in [5.41, 5.74) is 1.69. The van der Waals surface area contributed by atoms with Crippen molar-refractivity contribution in [3.05, 3.63) is 42.0 Å². The van der Waals surface area contributed by atoms with Gasteiger partial charge in [0.05, 0.1) is 12.6 Å². The summed E-state index contributed by atoms with van der Waals surface area (Å²) >= 11 is 0. The minimum atomic E-state index is -0.113. The second-order valence-corrected chi connectivity index (χ2v) is 5.13. The van der Waals surface area contributed by atoms with Gasteiger partial charge >= 0.3 is 0 Å². The van der Waals surface area contributed by atoms with E-state index in [1.54, 1.807) is 12.1 Å².